The Morgan fingerprint density at radius 2 is 1.58 bits per heavy atom. The molecule has 3 aromatic carbocycles. The van der Waals surface area contributed by atoms with Gasteiger partial charge in [0, 0.05) is 55.7 Å². The molecule has 0 unspecified atom stereocenters. The average Bonchev–Trinajstić information content (AvgIpc) is 3.23. The van der Waals surface area contributed by atoms with Gasteiger partial charge in [0.25, 0.3) is 5.91 Å². The van der Waals surface area contributed by atoms with Gasteiger partial charge in [-0.25, -0.2) is 9.18 Å². The van der Waals surface area contributed by atoms with Crippen LogP contribution in [0.3, 0.4) is 0 Å². The first-order chi connectivity index (χ1) is 20.4. The number of amides is 4. The maximum Gasteiger partial charge on any atom is 0.416 e. The van der Waals surface area contributed by atoms with Crippen LogP contribution in [-0.4, -0.2) is 48.9 Å². The summed E-state index contributed by atoms with van der Waals surface area (Å²) in [5, 5.41) is 8.20. The summed E-state index contributed by atoms with van der Waals surface area (Å²) in [7, 11) is 0. The third kappa shape index (κ3) is 8.46. The molecule has 3 aromatic rings. The van der Waals surface area contributed by atoms with Crippen LogP contribution >= 0.6 is 0 Å². The zero-order chi connectivity index (χ0) is 31.1. The molecule has 228 valence electrons. The molecule has 12 heteroatoms. The summed E-state index contributed by atoms with van der Waals surface area (Å²) in [5.41, 5.74) is 1.25. The molecule has 0 aliphatic carbocycles. The highest BCUT2D eigenvalue weighted by Gasteiger charge is 2.31. The number of nitrogens with one attached hydrogen (secondary N) is 3. The lowest BCUT2D eigenvalue weighted by molar-refractivity contribution is -0.137. The maximum atomic E-state index is 13.4. The number of carbonyl (C=O) groups excluding carboxylic acids is 3. The summed E-state index contributed by atoms with van der Waals surface area (Å²) >= 11 is 0. The van der Waals surface area contributed by atoms with Crippen molar-refractivity contribution in [1.29, 1.82) is 0 Å². The van der Waals surface area contributed by atoms with Gasteiger partial charge in [0.1, 0.15) is 5.82 Å². The Morgan fingerprint density at radius 3 is 2.28 bits per heavy atom. The topological polar surface area (TPSA) is 93.8 Å². The van der Waals surface area contributed by atoms with E-state index in [4.69, 9.17) is 0 Å². The van der Waals surface area contributed by atoms with E-state index in [9.17, 15) is 31.9 Å². The fourth-order valence-electron chi connectivity index (χ4n) is 4.58. The molecule has 0 radical (unpaired) electrons. The van der Waals surface area contributed by atoms with Gasteiger partial charge in [-0.05, 0) is 60.5 Å². The number of benzene rings is 3. The Hall–Kier alpha value is -4.61. The van der Waals surface area contributed by atoms with Crippen molar-refractivity contribution in [2.45, 2.75) is 33.0 Å². The predicted octanol–water partition coefficient (Wildman–Crippen LogP) is 6.11. The molecule has 4 amide bonds. The second-order valence-corrected chi connectivity index (χ2v) is 10.5. The molecule has 3 N–H and O–H groups in total. The molecular formula is C31H33F4N5O3. The largest absolute Gasteiger partial charge is 0.416 e. The van der Waals surface area contributed by atoms with Crippen LogP contribution in [0.15, 0.2) is 66.7 Å². The summed E-state index contributed by atoms with van der Waals surface area (Å²) in [6, 6.07) is 14.7. The van der Waals surface area contributed by atoms with E-state index in [1.807, 2.05) is 4.90 Å². The zero-order valence-corrected chi connectivity index (χ0v) is 23.8. The average molecular weight is 600 g/mol. The van der Waals surface area contributed by atoms with Crippen LogP contribution in [0.4, 0.5) is 39.4 Å². The lowest BCUT2D eigenvalue weighted by Gasteiger charge is -2.26. The number of hydrogen-bond donors (Lipinski definition) is 3. The van der Waals surface area contributed by atoms with Crippen molar-refractivity contribution in [1.82, 2.24) is 10.2 Å². The van der Waals surface area contributed by atoms with Crippen LogP contribution in [-0.2, 0) is 17.5 Å². The van der Waals surface area contributed by atoms with E-state index in [0.717, 1.165) is 12.1 Å². The van der Waals surface area contributed by atoms with Crippen molar-refractivity contribution in [2.24, 2.45) is 5.92 Å². The van der Waals surface area contributed by atoms with E-state index in [-0.39, 0.29) is 36.4 Å². The van der Waals surface area contributed by atoms with Crippen molar-refractivity contribution in [2.75, 3.05) is 41.7 Å². The highest BCUT2D eigenvalue weighted by Crippen LogP contribution is 2.31. The number of halogens is 4. The first kappa shape index (κ1) is 31.3. The van der Waals surface area contributed by atoms with E-state index >= 15 is 0 Å². The van der Waals surface area contributed by atoms with Crippen LogP contribution in [0.25, 0.3) is 0 Å². The third-order valence-electron chi connectivity index (χ3n) is 6.96. The van der Waals surface area contributed by atoms with Gasteiger partial charge in [-0.2, -0.15) is 13.2 Å². The number of anilines is 3. The number of urea groups is 1. The van der Waals surface area contributed by atoms with Gasteiger partial charge in [0.2, 0.25) is 5.91 Å². The quantitative estimate of drug-likeness (QED) is 0.286. The molecule has 8 nitrogen and oxygen atoms in total. The van der Waals surface area contributed by atoms with Gasteiger partial charge in [-0.3, -0.25) is 9.59 Å². The van der Waals surface area contributed by atoms with Gasteiger partial charge in [-0.1, -0.05) is 32.0 Å². The van der Waals surface area contributed by atoms with Crippen LogP contribution in [0, 0.1) is 11.7 Å². The van der Waals surface area contributed by atoms with Crippen LogP contribution in [0.5, 0.6) is 0 Å². The minimum Gasteiger partial charge on any atom is -0.369 e. The molecule has 43 heavy (non-hydrogen) atoms. The van der Waals surface area contributed by atoms with E-state index in [1.165, 1.54) is 29.2 Å². The lowest BCUT2D eigenvalue weighted by Crippen LogP contribution is -2.38. The molecule has 4 rings (SSSR count). The SMILES string of the molecule is CC(C)C(=O)Nc1ccc(N2CCCN(C(=O)Nc3cccc(C(F)(F)F)c3)CC2)c(C(=O)NCc2ccc(F)cc2)c1. The molecule has 1 fully saturated rings. The summed E-state index contributed by atoms with van der Waals surface area (Å²) in [6.45, 7) is 5.14. The molecular weight excluding hydrogens is 566 g/mol. The fraction of sp³-hybridized carbons (Fsp3) is 0.323. The van der Waals surface area contributed by atoms with Crippen LogP contribution in [0.1, 0.15) is 41.8 Å². The minimum absolute atomic E-state index is 0.0417. The third-order valence-corrected chi connectivity index (χ3v) is 6.96. The van der Waals surface area contributed by atoms with E-state index in [2.05, 4.69) is 16.0 Å². The fourth-order valence-corrected chi connectivity index (χ4v) is 4.58. The number of nitrogens with zero attached hydrogens (tertiary/aromatic N) is 2. The summed E-state index contributed by atoms with van der Waals surface area (Å²) in [5.74, 6) is -1.26. The molecule has 1 heterocycles. The normalized spacial score (nSPS) is 13.8. The molecule has 0 aromatic heterocycles. The van der Waals surface area contributed by atoms with Gasteiger partial charge < -0.3 is 25.8 Å². The maximum absolute atomic E-state index is 13.4. The molecule has 0 saturated carbocycles. The smallest absolute Gasteiger partial charge is 0.369 e. The minimum atomic E-state index is -4.53. The molecule has 1 aliphatic heterocycles. The summed E-state index contributed by atoms with van der Waals surface area (Å²) < 4.78 is 52.6. The number of hydrogen-bond acceptors (Lipinski definition) is 4. The van der Waals surface area contributed by atoms with Gasteiger partial charge in [0.15, 0.2) is 0 Å². The molecule has 0 spiro atoms. The second-order valence-electron chi connectivity index (χ2n) is 10.5. The Morgan fingerprint density at radius 1 is 0.860 bits per heavy atom. The lowest BCUT2D eigenvalue weighted by atomic mass is 10.1. The first-order valence-electron chi connectivity index (χ1n) is 13.9. The Labute approximate surface area is 247 Å². The monoisotopic (exact) mass is 599 g/mol. The van der Waals surface area contributed by atoms with Gasteiger partial charge in [-0.15, -0.1) is 0 Å². The molecule has 0 bridgehead atoms. The number of rotatable bonds is 7. The van der Waals surface area contributed by atoms with E-state index in [1.54, 1.807) is 44.2 Å². The predicted molar refractivity (Wildman–Crippen MR) is 156 cm³/mol. The molecule has 0 atom stereocenters. The number of carbonyl (C=O) groups is 3. The van der Waals surface area contributed by atoms with Gasteiger partial charge in [0.05, 0.1) is 11.1 Å². The van der Waals surface area contributed by atoms with Crippen molar-refractivity contribution in [3.8, 4) is 0 Å². The van der Waals surface area contributed by atoms with Crippen LogP contribution < -0.4 is 20.9 Å². The highest BCUT2D eigenvalue weighted by molar-refractivity contribution is 6.02. The Kier molecular flexibility index (Phi) is 9.89. The van der Waals surface area contributed by atoms with Crippen molar-refractivity contribution < 1.29 is 31.9 Å². The summed E-state index contributed by atoms with van der Waals surface area (Å²) in [6.07, 6.45) is -3.99. The van der Waals surface area contributed by atoms with Crippen molar-refractivity contribution >= 4 is 34.9 Å². The summed E-state index contributed by atoms with van der Waals surface area (Å²) in [4.78, 5) is 42.1. The second kappa shape index (κ2) is 13.6. The van der Waals surface area contributed by atoms with Gasteiger partial charge >= 0.3 is 12.2 Å². The highest BCUT2D eigenvalue weighted by atomic mass is 19.4. The molecule has 1 saturated heterocycles. The standard InChI is InChI=1S/C31H33F4N5O3/c1-20(2)28(41)37-25-11-12-27(26(18-25)29(42)36-19-21-7-9-23(32)10-8-21)39-13-4-14-40(16-15-39)30(43)38-24-6-3-5-22(17-24)31(33,34)35/h3,5-12,17-18,20H,4,13-16,19H2,1-2H3,(H,36,42)(H,37,41)(H,38,43). The van der Waals surface area contributed by atoms with E-state index in [0.29, 0.717) is 48.6 Å². The first-order valence-corrected chi connectivity index (χ1v) is 13.9. The Bertz CT molecular complexity index is 1460. The van der Waals surface area contributed by atoms with Crippen molar-refractivity contribution in [3.05, 3.63) is 89.2 Å². The van der Waals surface area contributed by atoms with E-state index < -0.39 is 23.7 Å². The molecule has 1 aliphatic rings. The van der Waals surface area contributed by atoms with Crippen LogP contribution in [0.2, 0.25) is 0 Å². The zero-order valence-electron chi connectivity index (χ0n) is 23.8. The number of alkyl halides is 3. The van der Waals surface area contributed by atoms with Crippen molar-refractivity contribution in [3.63, 3.8) is 0 Å². The Balaban J connectivity index is 1.49.